The van der Waals surface area contributed by atoms with E-state index in [-0.39, 0.29) is 43.7 Å². The van der Waals surface area contributed by atoms with Gasteiger partial charge in [-0.3, -0.25) is 34.5 Å². The molecule has 2 bridgehead atoms. The molecule has 2 aromatic rings. The number of ether oxygens (including phenoxy) is 2. The second-order valence-electron chi connectivity index (χ2n) is 10.0. The molecule has 5 aliphatic rings. The van der Waals surface area contributed by atoms with Gasteiger partial charge in [0.15, 0.2) is 29.6 Å². The zero-order chi connectivity index (χ0) is 30.1. The monoisotopic (exact) mass is 674 g/mol. The van der Waals surface area contributed by atoms with Gasteiger partial charge in [-0.05, 0) is 11.8 Å². The minimum absolute atomic E-state index is 0.116. The highest BCUT2D eigenvalue weighted by molar-refractivity contribution is 8.44. The van der Waals surface area contributed by atoms with Crippen molar-refractivity contribution in [1.82, 2.24) is 29.8 Å². The van der Waals surface area contributed by atoms with Gasteiger partial charge in [-0.15, -0.1) is 0 Å². The fourth-order valence-electron chi connectivity index (χ4n) is 5.38. The molecule has 23 heteroatoms. The third-order valence-corrected chi connectivity index (χ3v) is 10.5. The van der Waals surface area contributed by atoms with Gasteiger partial charge in [0, 0.05) is 12.8 Å². The number of aromatic nitrogens is 4. The summed E-state index contributed by atoms with van der Waals surface area (Å²) in [5.74, 6) is -0.586. The Hall–Kier alpha value is -2.42. The van der Waals surface area contributed by atoms with Crippen molar-refractivity contribution in [3.05, 3.63) is 18.2 Å². The molecule has 3 unspecified atom stereocenters. The number of imidazole rings is 1. The first-order valence-corrected chi connectivity index (χ1v) is 18.1. The van der Waals surface area contributed by atoms with Crippen LogP contribution in [-0.2, 0) is 48.7 Å². The predicted molar refractivity (Wildman–Crippen MR) is 153 cm³/mol. The summed E-state index contributed by atoms with van der Waals surface area (Å²) in [5.41, 5.74) is 6.77. The lowest BCUT2D eigenvalue weighted by Gasteiger charge is -2.31. The molecule has 7 heterocycles. The summed E-state index contributed by atoms with van der Waals surface area (Å²) in [6.07, 6.45) is -0.595. The summed E-state index contributed by atoms with van der Waals surface area (Å²) < 4.78 is 50.3. The van der Waals surface area contributed by atoms with Crippen LogP contribution in [-0.4, -0.2) is 103 Å². The Balaban J connectivity index is 1.13. The molecular formula is C20H24N10O9P2S2. The third kappa shape index (κ3) is 5.64. The van der Waals surface area contributed by atoms with E-state index in [1.165, 1.54) is 28.3 Å². The number of rotatable bonds is 2. The molecule has 3 fully saturated rings. The lowest BCUT2D eigenvalue weighted by atomic mass is 10.1. The number of nitrogens with two attached hydrogens (primary N) is 1. The Bertz CT molecular complexity index is 1660. The number of aliphatic imine (C=N–C) groups is 2. The van der Waals surface area contributed by atoms with Crippen LogP contribution in [0.2, 0.25) is 0 Å². The van der Waals surface area contributed by atoms with Crippen molar-refractivity contribution in [3.8, 4) is 0 Å². The molecule has 5 N–H and O–H groups in total. The Kier molecular flexibility index (Phi) is 7.41. The molecule has 43 heavy (non-hydrogen) atoms. The number of carbonyl (C=O) groups excluding carboxylic acids is 1. The minimum atomic E-state index is -4.07. The largest absolute Gasteiger partial charge is 0.386 e. The highest BCUT2D eigenvalue weighted by atomic mass is 32.7. The Morgan fingerprint density at radius 2 is 2.00 bits per heavy atom. The summed E-state index contributed by atoms with van der Waals surface area (Å²) in [4.78, 5) is 41.1. The molecule has 1 amide bonds. The maximum Gasteiger partial charge on any atom is 0.386 e. The van der Waals surface area contributed by atoms with Crippen LogP contribution in [0.1, 0.15) is 24.6 Å². The maximum atomic E-state index is 13.5. The summed E-state index contributed by atoms with van der Waals surface area (Å²) >= 11 is 9.50. The van der Waals surface area contributed by atoms with Crippen LogP contribution < -0.4 is 11.1 Å². The van der Waals surface area contributed by atoms with Crippen LogP contribution in [0.5, 0.6) is 0 Å². The van der Waals surface area contributed by atoms with E-state index in [0.717, 1.165) is 0 Å². The molecule has 5 aliphatic heterocycles. The molecule has 0 saturated carbocycles. The number of guanidine groups is 1. The lowest BCUT2D eigenvalue weighted by Crippen LogP contribution is -2.52. The van der Waals surface area contributed by atoms with Crippen molar-refractivity contribution in [2.24, 2.45) is 9.98 Å². The van der Waals surface area contributed by atoms with Crippen LogP contribution in [0, 0.1) is 5.41 Å². The smallest absolute Gasteiger partial charge is 0.381 e. The van der Waals surface area contributed by atoms with Gasteiger partial charge in [0.05, 0.1) is 43.7 Å². The molecule has 3 saturated heterocycles. The van der Waals surface area contributed by atoms with E-state index < -0.39 is 62.2 Å². The van der Waals surface area contributed by atoms with Crippen LogP contribution in [0.4, 0.5) is 5.82 Å². The normalized spacial score (nSPS) is 39.9. The molecule has 2 aromatic heterocycles. The molecular weight excluding hydrogens is 650 g/mol. The van der Waals surface area contributed by atoms with Crippen LogP contribution in [0.15, 0.2) is 22.5 Å². The van der Waals surface area contributed by atoms with E-state index >= 15 is 0 Å². The number of nitrogens with zero attached hydrogens (tertiary/aromatic N) is 7. The first kappa shape index (κ1) is 29.3. The van der Waals surface area contributed by atoms with Crippen molar-refractivity contribution in [2.45, 2.75) is 55.6 Å². The molecule has 7 rings (SSSR count). The number of thiol groups is 1. The number of anilines is 1. The standard InChI is InChI=1S/C20H24N10O9P2S2/c21-15-17-23-3-9(30(17)26-6-24-15)10-2-11-13(37-10)5-35-41(33,43)39-12-1-8(4-34-40(32,42)38-11)36-19(12)29-7-25-14-16(29)27-20(22)28-18(14)31/h3,6-8,10-14,19H,1-2,4-5H2,(H,32,42)(H,33,43)(H2,21,24,26)(H2,22,28,31)/t8-,10+,11-,12+,13+,14?,19+,40?,41?/m0/s1. The SMILES string of the molecule is N=C1N=C2C(N=CN2[C@@H]2O[C@@H]3COP(O)(=S)O[C@H]4C[C@H](c5cnc6c(N)ncnn56)O[C@@H]4COP(=O)(S)O[C@@H]2C3)C(=O)N1. The predicted octanol–water partition coefficient (Wildman–Crippen LogP) is -0.101. The van der Waals surface area contributed by atoms with Gasteiger partial charge in [-0.2, -0.15) is 10.1 Å². The molecule has 0 radical (unpaired) electrons. The summed E-state index contributed by atoms with van der Waals surface area (Å²) in [5, 5.41) is 14.3. The van der Waals surface area contributed by atoms with Crippen molar-refractivity contribution in [1.29, 1.82) is 5.41 Å². The zero-order valence-corrected chi connectivity index (χ0v) is 25.3. The number of hydrogen-bond donors (Lipinski definition) is 5. The molecule has 230 valence electrons. The van der Waals surface area contributed by atoms with Crippen molar-refractivity contribution >= 4 is 73.1 Å². The van der Waals surface area contributed by atoms with Crippen LogP contribution in [0.25, 0.3) is 5.65 Å². The number of amidine groups is 1. The van der Waals surface area contributed by atoms with E-state index in [2.05, 4.69) is 42.6 Å². The van der Waals surface area contributed by atoms with E-state index in [1.54, 1.807) is 0 Å². The summed E-state index contributed by atoms with van der Waals surface area (Å²) in [6.45, 7) is -8.45. The quantitative estimate of drug-likeness (QED) is 0.206. The number of nitrogen functional groups attached to an aromatic ring is 1. The maximum absolute atomic E-state index is 13.5. The first-order valence-electron chi connectivity index (χ1n) is 12.8. The number of hydrogen-bond acceptors (Lipinski definition) is 16. The van der Waals surface area contributed by atoms with E-state index in [9.17, 15) is 14.3 Å². The second-order valence-corrected chi connectivity index (χ2v) is 15.7. The summed E-state index contributed by atoms with van der Waals surface area (Å²) in [6, 6.07) is -0.990. The van der Waals surface area contributed by atoms with Gasteiger partial charge >= 0.3 is 13.5 Å². The van der Waals surface area contributed by atoms with Gasteiger partial charge in [-0.25, -0.2) is 19.0 Å². The van der Waals surface area contributed by atoms with E-state index in [1.807, 2.05) is 0 Å². The number of carbonyl (C=O) groups is 1. The average molecular weight is 675 g/mol. The fourth-order valence-corrected chi connectivity index (χ4v) is 8.37. The van der Waals surface area contributed by atoms with Crippen LogP contribution in [0.3, 0.4) is 0 Å². The average Bonchev–Trinajstić information content (AvgIpc) is 3.71. The highest BCUT2D eigenvalue weighted by Crippen LogP contribution is 2.57. The van der Waals surface area contributed by atoms with Gasteiger partial charge in [-0.1, -0.05) is 12.2 Å². The van der Waals surface area contributed by atoms with Crippen molar-refractivity contribution < 1.29 is 41.8 Å². The molecule has 0 aliphatic carbocycles. The van der Waals surface area contributed by atoms with Gasteiger partial charge in [0.2, 0.25) is 5.96 Å². The van der Waals surface area contributed by atoms with Crippen molar-refractivity contribution in [2.75, 3.05) is 18.9 Å². The zero-order valence-electron chi connectivity index (χ0n) is 21.8. The molecule has 19 nitrogen and oxygen atoms in total. The number of fused-ring (bicyclic) bond motifs is 5. The van der Waals surface area contributed by atoms with Gasteiger partial charge < -0.3 is 29.1 Å². The lowest BCUT2D eigenvalue weighted by molar-refractivity contribution is -0.119. The third-order valence-electron chi connectivity index (χ3n) is 7.23. The van der Waals surface area contributed by atoms with Crippen molar-refractivity contribution in [3.63, 3.8) is 0 Å². The first-order chi connectivity index (χ1) is 20.5. The number of nitrogens with one attached hydrogen (secondary N) is 2. The van der Waals surface area contributed by atoms with Gasteiger partial charge in [0.25, 0.3) is 5.91 Å². The van der Waals surface area contributed by atoms with Crippen LogP contribution >= 0.6 is 25.8 Å². The molecule has 0 aromatic carbocycles. The van der Waals surface area contributed by atoms with E-state index in [0.29, 0.717) is 11.3 Å². The second kappa shape index (κ2) is 10.9. The molecule has 0 spiro atoms. The minimum Gasteiger partial charge on any atom is -0.381 e. The van der Waals surface area contributed by atoms with Gasteiger partial charge in [0.1, 0.15) is 24.6 Å². The fraction of sp³-hybridized carbons (Fsp3) is 0.550. The number of amides is 1. The Morgan fingerprint density at radius 3 is 2.84 bits per heavy atom. The van der Waals surface area contributed by atoms with E-state index in [4.69, 9.17) is 50.5 Å². The molecule has 9 atom stereocenters. The highest BCUT2D eigenvalue weighted by Gasteiger charge is 2.50. The Labute approximate surface area is 252 Å². The summed E-state index contributed by atoms with van der Waals surface area (Å²) in [7, 11) is 0. The topological polar surface area (TPSA) is 243 Å². The Morgan fingerprint density at radius 1 is 1.16 bits per heavy atom.